The molecule has 29 heavy (non-hydrogen) atoms. The number of carbonyl (C=O) groups excluding carboxylic acids is 2. The molecule has 0 aliphatic carbocycles. The molecule has 1 aromatic heterocycles. The summed E-state index contributed by atoms with van der Waals surface area (Å²) in [5.74, 6) is -0.631. The zero-order valence-corrected chi connectivity index (χ0v) is 17.4. The Morgan fingerprint density at radius 2 is 1.83 bits per heavy atom. The highest BCUT2D eigenvalue weighted by Crippen LogP contribution is 2.14. The summed E-state index contributed by atoms with van der Waals surface area (Å²) in [5, 5.41) is 0. The van der Waals surface area contributed by atoms with Crippen LogP contribution in [-0.4, -0.2) is 34.5 Å². The first-order valence-corrected chi connectivity index (χ1v) is 10.3. The molecule has 0 radical (unpaired) electrons. The fraction of sp³-hybridized carbons (Fsp3) is 0.478. The molecule has 0 unspecified atom stereocenters. The van der Waals surface area contributed by atoms with E-state index in [1.54, 1.807) is 19.1 Å². The molecule has 1 heterocycles. The van der Waals surface area contributed by atoms with E-state index in [1.807, 2.05) is 23.2 Å². The van der Waals surface area contributed by atoms with Crippen LogP contribution >= 0.6 is 0 Å². The molecule has 0 bridgehead atoms. The molecular weight excluding hydrogens is 371 g/mol. The Morgan fingerprint density at radius 1 is 1.07 bits per heavy atom. The van der Waals surface area contributed by atoms with Gasteiger partial charge in [0.15, 0.2) is 0 Å². The molecule has 0 atom stereocenters. The van der Waals surface area contributed by atoms with Gasteiger partial charge in [-0.3, -0.25) is 9.59 Å². The number of unbranched alkanes of at least 4 members (excludes halogenated alkanes) is 2. The molecule has 0 saturated carbocycles. The van der Waals surface area contributed by atoms with E-state index >= 15 is 0 Å². The van der Waals surface area contributed by atoms with E-state index in [0.29, 0.717) is 26.2 Å². The van der Waals surface area contributed by atoms with Crippen LogP contribution < -0.4 is 0 Å². The molecule has 0 spiro atoms. The third-order valence-corrected chi connectivity index (χ3v) is 4.78. The van der Waals surface area contributed by atoms with Crippen LogP contribution in [0, 0.1) is 5.82 Å². The Bertz CT molecular complexity index is 771. The maximum atomic E-state index is 13.1. The van der Waals surface area contributed by atoms with Gasteiger partial charge in [-0.05, 0) is 43.2 Å². The first-order valence-electron chi connectivity index (χ1n) is 10.3. The lowest BCUT2D eigenvalue weighted by molar-refractivity contribution is -0.145. The smallest absolute Gasteiger partial charge is 0.306 e. The summed E-state index contributed by atoms with van der Waals surface area (Å²) in [5.41, 5.74) is 2.00. The molecule has 0 aliphatic heterocycles. The van der Waals surface area contributed by atoms with Crippen LogP contribution in [0.5, 0.6) is 0 Å². The van der Waals surface area contributed by atoms with E-state index in [4.69, 9.17) is 4.74 Å². The van der Waals surface area contributed by atoms with E-state index in [1.165, 1.54) is 12.1 Å². The lowest BCUT2D eigenvalue weighted by atomic mass is 10.2. The molecule has 2 rings (SSSR count). The summed E-state index contributed by atoms with van der Waals surface area (Å²) in [6.07, 6.45) is 5.29. The lowest BCUT2D eigenvalue weighted by Gasteiger charge is -2.24. The summed E-state index contributed by atoms with van der Waals surface area (Å²) in [6.45, 7) is 5.97. The quantitative estimate of drug-likeness (QED) is 0.387. The summed E-state index contributed by atoms with van der Waals surface area (Å²) < 4.78 is 20.1. The van der Waals surface area contributed by atoms with Crippen molar-refractivity contribution >= 4 is 11.9 Å². The Kier molecular flexibility index (Phi) is 9.41. The second kappa shape index (κ2) is 12.0. The number of aromatic nitrogens is 1. The standard InChI is InChI=1S/C23H31FN2O3/c1-3-5-6-15-26(22(27)13-14-23(28)29-4-2)18-21-8-7-16-25(21)17-19-9-11-20(24)12-10-19/h7-12,16H,3-6,13-15,17-18H2,1-2H3. The van der Waals surface area contributed by atoms with E-state index in [-0.39, 0.29) is 30.5 Å². The van der Waals surface area contributed by atoms with Crippen LogP contribution in [-0.2, 0) is 27.4 Å². The van der Waals surface area contributed by atoms with Gasteiger partial charge in [-0.15, -0.1) is 0 Å². The average molecular weight is 403 g/mol. The number of amides is 1. The van der Waals surface area contributed by atoms with Crippen molar-refractivity contribution in [3.8, 4) is 0 Å². The minimum absolute atomic E-state index is 0.0383. The molecule has 0 fully saturated rings. The van der Waals surface area contributed by atoms with Crippen LogP contribution in [0.25, 0.3) is 0 Å². The number of esters is 1. The summed E-state index contributed by atoms with van der Waals surface area (Å²) in [7, 11) is 0. The van der Waals surface area contributed by atoms with Crippen molar-refractivity contribution in [1.29, 1.82) is 0 Å². The second-order valence-corrected chi connectivity index (χ2v) is 7.08. The van der Waals surface area contributed by atoms with E-state index in [2.05, 4.69) is 11.5 Å². The maximum absolute atomic E-state index is 13.1. The molecule has 0 saturated heterocycles. The van der Waals surface area contributed by atoms with Gasteiger partial charge in [-0.2, -0.15) is 0 Å². The Labute approximate surface area is 172 Å². The van der Waals surface area contributed by atoms with Gasteiger partial charge >= 0.3 is 5.97 Å². The van der Waals surface area contributed by atoms with Crippen molar-refractivity contribution in [1.82, 2.24) is 9.47 Å². The van der Waals surface area contributed by atoms with Crippen molar-refractivity contribution in [3.05, 3.63) is 59.7 Å². The molecular formula is C23H31FN2O3. The number of benzene rings is 1. The number of carbonyl (C=O) groups is 2. The molecule has 1 aromatic carbocycles. The molecule has 6 heteroatoms. The summed E-state index contributed by atoms with van der Waals surface area (Å²) in [6, 6.07) is 10.4. The van der Waals surface area contributed by atoms with Crippen LogP contribution in [0.4, 0.5) is 4.39 Å². The maximum Gasteiger partial charge on any atom is 0.306 e. The van der Waals surface area contributed by atoms with E-state index < -0.39 is 0 Å². The highest BCUT2D eigenvalue weighted by molar-refractivity contribution is 5.81. The van der Waals surface area contributed by atoms with Crippen molar-refractivity contribution < 1.29 is 18.7 Å². The van der Waals surface area contributed by atoms with Gasteiger partial charge in [0.05, 0.1) is 19.6 Å². The fourth-order valence-electron chi connectivity index (χ4n) is 3.17. The topological polar surface area (TPSA) is 51.5 Å². The van der Waals surface area contributed by atoms with Crippen molar-refractivity contribution in [2.75, 3.05) is 13.2 Å². The van der Waals surface area contributed by atoms with Gasteiger partial charge in [0.25, 0.3) is 0 Å². The van der Waals surface area contributed by atoms with Crippen molar-refractivity contribution in [2.24, 2.45) is 0 Å². The zero-order valence-electron chi connectivity index (χ0n) is 17.4. The Morgan fingerprint density at radius 3 is 2.52 bits per heavy atom. The van der Waals surface area contributed by atoms with Gasteiger partial charge in [-0.25, -0.2) is 4.39 Å². The van der Waals surface area contributed by atoms with Crippen LogP contribution in [0.3, 0.4) is 0 Å². The zero-order chi connectivity index (χ0) is 21.1. The number of hydrogen-bond donors (Lipinski definition) is 0. The molecule has 0 N–H and O–H groups in total. The van der Waals surface area contributed by atoms with Gasteiger partial charge in [0, 0.05) is 31.4 Å². The van der Waals surface area contributed by atoms with Gasteiger partial charge in [0.2, 0.25) is 5.91 Å². The first-order chi connectivity index (χ1) is 14.0. The highest BCUT2D eigenvalue weighted by Gasteiger charge is 2.17. The molecule has 5 nitrogen and oxygen atoms in total. The van der Waals surface area contributed by atoms with Crippen LogP contribution in [0.15, 0.2) is 42.6 Å². The Balaban J connectivity index is 2.04. The Hall–Kier alpha value is -2.63. The predicted octanol–water partition coefficient (Wildman–Crippen LogP) is 4.54. The predicted molar refractivity (Wildman–Crippen MR) is 111 cm³/mol. The van der Waals surface area contributed by atoms with Crippen molar-refractivity contribution in [3.63, 3.8) is 0 Å². The second-order valence-electron chi connectivity index (χ2n) is 7.08. The molecule has 1 amide bonds. The summed E-state index contributed by atoms with van der Waals surface area (Å²) >= 11 is 0. The molecule has 0 aliphatic rings. The number of hydrogen-bond acceptors (Lipinski definition) is 3. The summed E-state index contributed by atoms with van der Waals surface area (Å²) in [4.78, 5) is 26.2. The van der Waals surface area contributed by atoms with Gasteiger partial charge in [0.1, 0.15) is 5.82 Å². The molecule has 2 aromatic rings. The monoisotopic (exact) mass is 402 g/mol. The number of ether oxygens (including phenoxy) is 1. The number of nitrogens with zero attached hydrogens (tertiary/aromatic N) is 2. The minimum Gasteiger partial charge on any atom is -0.466 e. The van der Waals surface area contributed by atoms with Gasteiger partial charge in [-0.1, -0.05) is 31.9 Å². The van der Waals surface area contributed by atoms with E-state index in [9.17, 15) is 14.0 Å². The first kappa shape index (κ1) is 22.7. The normalized spacial score (nSPS) is 10.7. The molecule has 158 valence electrons. The van der Waals surface area contributed by atoms with Crippen LogP contribution in [0.1, 0.15) is 57.2 Å². The average Bonchev–Trinajstić information content (AvgIpc) is 3.14. The van der Waals surface area contributed by atoms with Gasteiger partial charge < -0.3 is 14.2 Å². The number of rotatable bonds is 12. The van der Waals surface area contributed by atoms with Crippen molar-refractivity contribution in [2.45, 2.75) is 59.0 Å². The fourth-order valence-corrected chi connectivity index (χ4v) is 3.17. The number of halogens is 1. The minimum atomic E-state index is -0.339. The SMILES string of the molecule is CCCCCN(Cc1cccn1Cc1ccc(F)cc1)C(=O)CCC(=O)OCC. The van der Waals surface area contributed by atoms with Crippen LogP contribution in [0.2, 0.25) is 0 Å². The van der Waals surface area contributed by atoms with E-state index in [0.717, 1.165) is 30.5 Å². The third-order valence-electron chi connectivity index (χ3n) is 4.78. The third kappa shape index (κ3) is 7.72. The lowest BCUT2D eigenvalue weighted by Crippen LogP contribution is -2.32. The highest BCUT2D eigenvalue weighted by atomic mass is 19.1. The largest absolute Gasteiger partial charge is 0.466 e.